The molecule has 2 bridgehead atoms. The number of fused-ring (bicyclic) bond motifs is 2. The molecule has 2 aliphatic heterocycles. The molecule has 3 heteroatoms. The molecule has 1 amide bonds. The number of amides is 1. The summed E-state index contributed by atoms with van der Waals surface area (Å²) in [5.41, 5.74) is 2.61. The van der Waals surface area contributed by atoms with E-state index in [9.17, 15) is 4.79 Å². The molecule has 2 saturated heterocycles. The van der Waals surface area contributed by atoms with E-state index >= 15 is 0 Å². The van der Waals surface area contributed by atoms with Crippen molar-refractivity contribution >= 4 is 5.91 Å². The summed E-state index contributed by atoms with van der Waals surface area (Å²) in [7, 11) is 0. The van der Waals surface area contributed by atoms with Gasteiger partial charge in [-0.05, 0) is 49.1 Å². The smallest absolute Gasteiger partial charge is 0.220 e. The van der Waals surface area contributed by atoms with Gasteiger partial charge in [0.1, 0.15) is 0 Å². The average Bonchev–Trinajstić information content (AvgIpc) is 2.86. The molecule has 3 nitrogen and oxygen atoms in total. The molecule has 1 aromatic carbocycles. The summed E-state index contributed by atoms with van der Waals surface area (Å²) in [4.78, 5) is 12.3. The minimum Gasteiger partial charge on any atom is -0.353 e. The van der Waals surface area contributed by atoms with Gasteiger partial charge >= 0.3 is 0 Å². The van der Waals surface area contributed by atoms with Gasteiger partial charge in [-0.1, -0.05) is 38.1 Å². The van der Waals surface area contributed by atoms with Crippen LogP contribution in [0.3, 0.4) is 0 Å². The zero-order valence-corrected chi connectivity index (χ0v) is 13.8. The van der Waals surface area contributed by atoms with E-state index in [-0.39, 0.29) is 11.8 Å². The van der Waals surface area contributed by atoms with Gasteiger partial charge in [0.15, 0.2) is 0 Å². The van der Waals surface area contributed by atoms with Crippen molar-refractivity contribution < 1.29 is 4.79 Å². The van der Waals surface area contributed by atoms with Gasteiger partial charge in [-0.3, -0.25) is 4.79 Å². The second-order valence-electron chi connectivity index (χ2n) is 7.07. The fourth-order valence-corrected chi connectivity index (χ4v) is 3.94. The van der Waals surface area contributed by atoms with E-state index in [2.05, 4.69) is 48.7 Å². The third-order valence-corrected chi connectivity index (χ3v) is 5.29. The molecule has 22 heavy (non-hydrogen) atoms. The van der Waals surface area contributed by atoms with Crippen LogP contribution in [0.15, 0.2) is 24.3 Å². The average molecular weight is 300 g/mol. The van der Waals surface area contributed by atoms with Crippen molar-refractivity contribution in [3.8, 4) is 0 Å². The minimum atomic E-state index is 0.207. The van der Waals surface area contributed by atoms with Crippen molar-refractivity contribution in [3.63, 3.8) is 0 Å². The molecular weight excluding hydrogens is 272 g/mol. The summed E-state index contributed by atoms with van der Waals surface area (Å²) in [6.45, 7) is 4.31. The van der Waals surface area contributed by atoms with Crippen molar-refractivity contribution in [2.24, 2.45) is 0 Å². The zero-order valence-electron chi connectivity index (χ0n) is 13.8. The van der Waals surface area contributed by atoms with Crippen LogP contribution in [0.25, 0.3) is 0 Å². The molecule has 120 valence electrons. The van der Waals surface area contributed by atoms with Crippen molar-refractivity contribution in [2.45, 2.75) is 76.4 Å². The Morgan fingerprint density at radius 1 is 1.23 bits per heavy atom. The van der Waals surface area contributed by atoms with Crippen LogP contribution in [-0.4, -0.2) is 24.0 Å². The first-order chi connectivity index (χ1) is 10.6. The maximum atomic E-state index is 12.3. The van der Waals surface area contributed by atoms with E-state index in [0.29, 0.717) is 24.5 Å². The Kier molecular flexibility index (Phi) is 4.82. The zero-order chi connectivity index (χ0) is 15.5. The summed E-state index contributed by atoms with van der Waals surface area (Å²) in [6.07, 6.45) is 6.40. The van der Waals surface area contributed by atoms with Crippen molar-refractivity contribution in [1.82, 2.24) is 10.6 Å². The van der Waals surface area contributed by atoms with E-state index in [1.165, 1.54) is 24.0 Å². The Morgan fingerprint density at radius 3 is 2.45 bits per heavy atom. The van der Waals surface area contributed by atoms with Gasteiger partial charge in [0.2, 0.25) is 5.91 Å². The van der Waals surface area contributed by atoms with Gasteiger partial charge in [-0.25, -0.2) is 0 Å². The number of hydrogen-bond donors (Lipinski definition) is 2. The maximum absolute atomic E-state index is 12.3. The summed E-state index contributed by atoms with van der Waals surface area (Å²) in [5, 5.41) is 6.88. The molecule has 0 radical (unpaired) electrons. The van der Waals surface area contributed by atoms with Gasteiger partial charge in [0.25, 0.3) is 0 Å². The number of carbonyl (C=O) groups is 1. The molecule has 2 fully saturated rings. The predicted molar refractivity (Wildman–Crippen MR) is 90.0 cm³/mol. The number of nitrogens with one attached hydrogen (secondary N) is 2. The van der Waals surface area contributed by atoms with Crippen LogP contribution in [0.2, 0.25) is 0 Å². The maximum Gasteiger partial charge on any atom is 0.220 e. The van der Waals surface area contributed by atoms with E-state index in [0.717, 1.165) is 19.3 Å². The Labute approximate surface area is 133 Å². The number of carbonyl (C=O) groups excluding carboxylic acids is 1. The summed E-state index contributed by atoms with van der Waals surface area (Å²) >= 11 is 0. The fourth-order valence-electron chi connectivity index (χ4n) is 3.94. The number of benzene rings is 1. The third kappa shape index (κ3) is 3.70. The van der Waals surface area contributed by atoms with E-state index < -0.39 is 0 Å². The Balaban J connectivity index is 1.50. The monoisotopic (exact) mass is 300 g/mol. The number of piperidine rings is 1. The molecule has 3 unspecified atom stereocenters. The molecule has 3 atom stereocenters. The number of aryl methyl sites for hydroxylation is 1. The van der Waals surface area contributed by atoms with Crippen LogP contribution in [0.1, 0.15) is 63.0 Å². The SMILES string of the molecule is CCc1ccc(C(C)CC(=O)NC2CC3CCC(C2)N3)cc1. The topological polar surface area (TPSA) is 41.1 Å². The van der Waals surface area contributed by atoms with Crippen LogP contribution < -0.4 is 10.6 Å². The van der Waals surface area contributed by atoms with Crippen molar-refractivity contribution in [3.05, 3.63) is 35.4 Å². The summed E-state index contributed by atoms with van der Waals surface area (Å²) < 4.78 is 0. The van der Waals surface area contributed by atoms with E-state index in [4.69, 9.17) is 0 Å². The van der Waals surface area contributed by atoms with Gasteiger partial charge in [0, 0.05) is 24.5 Å². The Bertz CT molecular complexity index is 499. The molecule has 0 aromatic heterocycles. The van der Waals surface area contributed by atoms with Crippen LogP contribution in [-0.2, 0) is 11.2 Å². The lowest BCUT2D eigenvalue weighted by atomic mass is 9.95. The highest BCUT2D eigenvalue weighted by Gasteiger charge is 2.34. The molecule has 2 heterocycles. The standard InChI is InChI=1S/C19H28N2O/c1-3-14-4-6-15(7-5-14)13(2)10-19(22)21-18-11-16-8-9-17(12-18)20-16/h4-7,13,16-18,20H,3,8-12H2,1-2H3,(H,21,22). The van der Waals surface area contributed by atoms with Crippen molar-refractivity contribution in [2.75, 3.05) is 0 Å². The van der Waals surface area contributed by atoms with E-state index in [1.54, 1.807) is 0 Å². The fraction of sp³-hybridized carbons (Fsp3) is 0.632. The van der Waals surface area contributed by atoms with Gasteiger partial charge < -0.3 is 10.6 Å². The second kappa shape index (κ2) is 6.82. The quantitative estimate of drug-likeness (QED) is 0.877. The largest absolute Gasteiger partial charge is 0.353 e. The van der Waals surface area contributed by atoms with Crippen LogP contribution >= 0.6 is 0 Å². The highest BCUT2D eigenvalue weighted by molar-refractivity contribution is 5.77. The van der Waals surface area contributed by atoms with Gasteiger partial charge in [-0.15, -0.1) is 0 Å². The summed E-state index contributed by atoms with van der Waals surface area (Å²) in [5.74, 6) is 0.489. The van der Waals surface area contributed by atoms with Crippen LogP contribution in [0.5, 0.6) is 0 Å². The first-order valence-corrected chi connectivity index (χ1v) is 8.78. The van der Waals surface area contributed by atoms with E-state index in [1.807, 2.05) is 0 Å². The molecule has 2 N–H and O–H groups in total. The third-order valence-electron chi connectivity index (χ3n) is 5.29. The lowest BCUT2D eigenvalue weighted by molar-refractivity contribution is -0.122. The van der Waals surface area contributed by atoms with Crippen LogP contribution in [0, 0.1) is 0 Å². The lowest BCUT2D eigenvalue weighted by Crippen LogP contribution is -2.48. The molecule has 1 aromatic rings. The molecule has 0 spiro atoms. The first kappa shape index (κ1) is 15.5. The molecule has 3 rings (SSSR count). The molecule has 0 saturated carbocycles. The van der Waals surface area contributed by atoms with Gasteiger partial charge in [0.05, 0.1) is 0 Å². The molecular formula is C19H28N2O. The second-order valence-corrected chi connectivity index (χ2v) is 7.07. The van der Waals surface area contributed by atoms with Crippen molar-refractivity contribution in [1.29, 1.82) is 0 Å². The molecule has 0 aliphatic carbocycles. The highest BCUT2D eigenvalue weighted by atomic mass is 16.1. The van der Waals surface area contributed by atoms with Crippen LogP contribution in [0.4, 0.5) is 0 Å². The highest BCUT2D eigenvalue weighted by Crippen LogP contribution is 2.27. The Hall–Kier alpha value is -1.35. The number of hydrogen-bond acceptors (Lipinski definition) is 2. The minimum absolute atomic E-state index is 0.207. The Morgan fingerprint density at radius 2 is 1.86 bits per heavy atom. The molecule has 2 aliphatic rings. The summed E-state index contributed by atoms with van der Waals surface area (Å²) in [6, 6.07) is 10.3. The first-order valence-electron chi connectivity index (χ1n) is 8.78. The van der Waals surface area contributed by atoms with Gasteiger partial charge in [-0.2, -0.15) is 0 Å². The predicted octanol–water partition coefficient (Wildman–Crippen LogP) is 3.14. The number of rotatable bonds is 5. The normalized spacial score (nSPS) is 28.4. The lowest BCUT2D eigenvalue weighted by Gasteiger charge is -2.30.